The van der Waals surface area contributed by atoms with Gasteiger partial charge in [0.2, 0.25) is 5.91 Å². The number of nitrogens with two attached hydrogens (primary N) is 1. The van der Waals surface area contributed by atoms with E-state index in [9.17, 15) is 14.9 Å². The summed E-state index contributed by atoms with van der Waals surface area (Å²) in [5.74, 6) is 5.22. The van der Waals surface area contributed by atoms with E-state index in [1.165, 1.54) is 6.07 Å². The summed E-state index contributed by atoms with van der Waals surface area (Å²) >= 11 is 3.16. The van der Waals surface area contributed by atoms with Crippen LogP contribution in [-0.4, -0.2) is 17.4 Å². The van der Waals surface area contributed by atoms with Gasteiger partial charge in [-0.1, -0.05) is 6.07 Å². The van der Waals surface area contributed by atoms with E-state index in [4.69, 9.17) is 10.6 Å². The van der Waals surface area contributed by atoms with Gasteiger partial charge in [-0.3, -0.25) is 20.3 Å². The maximum absolute atomic E-state index is 10.9. The average Bonchev–Trinajstić information content (AvgIpc) is 2.43. The first kappa shape index (κ1) is 16.4. The SMILES string of the molecule is NNC(=O)CCCCCOc1cccc([N+](=O)[O-])c1Br. The number of nitrogens with zero attached hydrogens (tertiary/aromatic N) is 1. The molecule has 0 bridgehead atoms. The summed E-state index contributed by atoms with van der Waals surface area (Å²) in [5.41, 5.74) is 2.04. The highest BCUT2D eigenvalue weighted by molar-refractivity contribution is 9.10. The van der Waals surface area contributed by atoms with Crippen LogP contribution in [0.1, 0.15) is 25.7 Å². The molecule has 1 amide bonds. The monoisotopic (exact) mass is 345 g/mol. The molecule has 20 heavy (non-hydrogen) atoms. The average molecular weight is 346 g/mol. The van der Waals surface area contributed by atoms with E-state index in [1.54, 1.807) is 12.1 Å². The van der Waals surface area contributed by atoms with Gasteiger partial charge in [0, 0.05) is 12.5 Å². The van der Waals surface area contributed by atoms with E-state index in [1.807, 2.05) is 0 Å². The quantitative estimate of drug-likeness (QED) is 0.247. The number of carbonyl (C=O) groups excluding carboxylic acids is 1. The number of hydrogen-bond acceptors (Lipinski definition) is 5. The maximum atomic E-state index is 10.9. The molecule has 0 aromatic heterocycles. The second kappa shape index (κ2) is 8.49. The molecule has 0 aliphatic rings. The van der Waals surface area contributed by atoms with E-state index in [0.29, 0.717) is 23.2 Å². The molecule has 0 heterocycles. The Labute approximate surface area is 124 Å². The van der Waals surface area contributed by atoms with Crippen LogP contribution in [0.25, 0.3) is 0 Å². The molecule has 0 fully saturated rings. The van der Waals surface area contributed by atoms with Crippen LogP contribution in [0, 0.1) is 10.1 Å². The van der Waals surface area contributed by atoms with Crippen LogP contribution in [0.15, 0.2) is 22.7 Å². The molecule has 1 rings (SSSR count). The summed E-state index contributed by atoms with van der Waals surface area (Å²) in [6, 6.07) is 4.64. The van der Waals surface area contributed by atoms with Crippen LogP contribution in [0.3, 0.4) is 0 Å². The Morgan fingerprint density at radius 1 is 1.40 bits per heavy atom. The molecular formula is C12H16BrN3O4. The molecule has 8 heteroatoms. The Hall–Kier alpha value is -1.67. The highest BCUT2D eigenvalue weighted by Gasteiger charge is 2.15. The zero-order chi connectivity index (χ0) is 15.0. The van der Waals surface area contributed by atoms with Crippen molar-refractivity contribution in [2.24, 2.45) is 5.84 Å². The Bertz CT molecular complexity index is 482. The zero-order valence-corrected chi connectivity index (χ0v) is 12.4. The van der Waals surface area contributed by atoms with Crippen molar-refractivity contribution in [1.29, 1.82) is 0 Å². The van der Waals surface area contributed by atoms with Crippen molar-refractivity contribution in [2.45, 2.75) is 25.7 Å². The molecule has 0 spiro atoms. The van der Waals surface area contributed by atoms with Crippen molar-refractivity contribution < 1.29 is 14.5 Å². The largest absolute Gasteiger partial charge is 0.492 e. The minimum atomic E-state index is -0.470. The first-order valence-corrected chi connectivity index (χ1v) is 6.90. The van der Waals surface area contributed by atoms with Gasteiger partial charge in [0.15, 0.2) is 0 Å². The number of hydrogen-bond donors (Lipinski definition) is 2. The number of nitrogens with one attached hydrogen (secondary N) is 1. The van der Waals surface area contributed by atoms with Crippen LogP contribution >= 0.6 is 15.9 Å². The summed E-state index contributed by atoms with van der Waals surface area (Å²) in [6.45, 7) is 0.435. The standard InChI is InChI=1S/C12H16BrN3O4/c13-12-9(16(18)19)5-4-6-10(12)20-8-3-1-2-7-11(17)15-14/h4-6H,1-3,7-8,14H2,(H,15,17). The number of hydrazine groups is 1. The second-order valence-electron chi connectivity index (χ2n) is 4.07. The molecule has 0 unspecified atom stereocenters. The fourth-order valence-electron chi connectivity index (χ4n) is 1.57. The molecule has 7 nitrogen and oxygen atoms in total. The topological polar surface area (TPSA) is 107 Å². The third-order valence-electron chi connectivity index (χ3n) is 2.61. The van der Waals surface area contributed by atoms with Gasteiger partial charge in [-0.05, 0) is 41.3 Å². The number of halogens is 1. The van der Waals surface area contributed by atoms with Gasteiger partial charge in [-0.2, -0.15) is 0 Å². The molecule has 0 aliphatic carbocycles. The molecule has 1 aromatic rings. The molecule has 0 saturated carbocycles. The number of rotatable bonds is 8. The van der Waals surface area contributed by atoms with Crippen LogP contribution in [0.4, 0.5) is 5.69 Å². The first-order chi connectivity index (χ1) is 9.56. The third-order valence-corrected chi connectivity index (χ3v) is 3.40. The predicted octanol–water partition coefficient (Wildman–Crippen LogP) is 2.29. The van der Waals surface area contributed by atoms with Crippen molar-refractivity contribution in [3.05, 3.63) is 32.8 Å². The zero-order valence-electron chi connectivity index (χ0n) is 10.8. The lowest BCUT2D eigenvalue weighted by atomic mass is 10.2. The van der Waals surface area contributed by atoms with Gasteiger partial charge in [-0.15, -0.1) is 0 Å². The normalized spacial score (nSPS) is 10.1. The van der Waals surface area contributed by atoms with Crippen LogP contribution in [-0.2, 0) is 4.79 Å². The van der Waals surface area contributed by atoms with E-state index in [0.717, 1.165) is 19.3 Å². The number of benzene rings is 1. The van der Waals surface area contributed by atoms with E-state index in [2.05, 4.69) is 21.4 Å². The lowest BCUT2D eigenvalue weighted by Crippen LogP contribution is -2.29. The predicted molar refractivity (Wildman–Crippen MR) is 77.1 cm³/mol. The van der Waals surface area contributed by atoms with Gasteiger partial charge < -0.3 is 4.74 Å². The van der Waals surface area contributed by atoms with Crippen molar-refractivity contribution in [3.8, 4) is 5.75 Å². The molecule has 0 atom stereocenters. The Balaban J connectivity index is 2.34. The van der Waals surface area contributed by atoms with Crippen molar-refractivity contribution in [3.63, 3.8) is 0 Å². The van der Waals surface area contributed by atoms with Gasteiger partial charge in [0.05, 0.1) is 11.5 Å². The summed E-state index contributed by atoms with van der Waals surface area (Å²) in [4.78, 5) is 21.2. The Morgan fingerprint density at radius 2 is 2.15 bits per heavy atom. The fourth-order valence-corrected chi connectivity index (χ4v) is 2.09. The van der Waals surface area contributed by atoms with Crippen LogP contribution in [0.5, 0.6) is 5.75 Å². The molecule has 0 aliphatic heterocycles. The van der Waals surface area contributed by atoms with Crippen molar-refractivity contribution >= 4 is 27.5 Å². The number of amides is 1. The Morgan fingerprint density at radius 3 is 2.80 bits per heavy atom. The molecule has 0 radical (unpaired) electrons. The van der Waals surface area contributed by atoms with Gasteiger partial charge >= 0.3 is 0 Å². The minimum Gasteiger partial charge on any atom is -0.492 e. The van der Waals surface area contributed by atoms with Gasteiger partial charge in [0.25, 0.3) is 5.69 Å². The second-order valence-corrected chi connectivity index (χ2v) is 4.87. The Kier molecular flexibility index (Phi) is 6.96. The van der Waals surface area contributed by atoms with Crippen LogP contribution < -0.4 is 16.0 Å². The lowest BCUT2D eigenvalue weighted by molar-refractivity contribution is -0.385. The summed E-state index contributed by atoms with van der Waals surface area (Å²) in [6.07, 6.45) is 2.69. The maximum Gasteiger partial charge on any atom is 0.287 e. The third kappa shape index (κ3) is 5.14. The van der Waals surface area contributed by atoms with Gasteiger partial charge in [-0.25, -0.2) is 5.84 Å². The van der Waals surface area contributed by atoms with Crippen LogP contribution in [0.2, 0.25) is 0 Å². The summed E-state index contributed by atoms with van der Waals surface area (Å²) in [7, 11) is 0. The highest BCUT2D eigenvalue weighted by atomic mass is 79.9. The minimum absolute atomic E-state index is 0.0258. The molecular weight excluding hydrogens is 330 g/mol. The van der Waals surface area contributed by atoms with Crippen molar-refractivity contribution in [2.75, 3.05) is 6.61 Å². The molecule has 110 valence electrons. The summed E-state index contributed by atoms with van der Waals surface area (Å²) in [5, 5.41) is 10.8. The first-order valence-electron chi connectivity index (χ1n) is 6.11. The highest BCUT2D eigenvalue weighted by Crippen LogP contribution is 2.33. The molecule has 0 saturated heterocycles. The van der Waals surface area contributed by atoms with E-state index < -0.39 is 4.92 Å². The fraction of sp³-hybridized carbons (Fsp3) is 0.417. The smallest absolute Gasteiger partial charge is 0.287 e. The van der Waals surface area contributed by atoms with Gasteiger partial charge in [0.1, 0.15) is 10.2 Å². The number of ether oxygens (including phenoxy) is 1. The van der Waals surface area contributed by atoms with E-state index >= 15 is 0 Å². The number of nitro groups is 1. The molecule has 3 N–H and O–H groups in total. The summed E-state index contributed by atoms with van der Waals surface area (Å²) < 4.78 is 5.82. The molecule has 1 aromatic carbocycles. The van der Waals surface area contributed by atoms with Crippen molar-refractivity contribution in [1.82, 2.24) is 5.43 Å². The number of unbranched alkanes of at least 4 members (excludes halogenated alkanes) is 2. The number of nitro benzene ring substituents is 1. The lowest BCUT2D eigenvalue weighted by Gasteiger charge is -2.08. The van der Waals surface area contributed by atoms with E-state index in [-0.39, 0.29) is 11.6 Å². The number of carbonyl (C=O) groups is 1.